The number of nitrogens with one attached hydrogen (secondary N) is 1. The average Bonchev–Trinajstić information content (AvgIpc) is 2.16. The van der Waals surface area contributed by atoms with Gasteiger partial charge in [-0.3, -0.25) is 10.2 Å². The molecule has 0 saturated carbocycles. The Hall–Kier alpha value is -1.80. The summed E-state index contributed by atoms with van der Waals surface area (Å²) in [5.74, 6) is -1.92. The van der Waals surface area contributed by atoms with Crippen LogP contribution in [0.25, 0.3) is 0 Å². The first-order valence-corrected chi connectivity index (χ1v) is 4.34. The van der Waals surface area contributed by atoms with Gasteiger partial charge < -0.3 is 25.5 Å². The Bertz CT molecular complexity index is 432. The van der Waals surface area contributed by atoms with Gasteiger partial charge in [0.15, 0.2) is 0 Å². The molecule has 92 valence electrons. The first-order chi connectivity index (χ1) is 7.84. The number of esters is 1. The molecular formula is C10H10MgN2O5. The number of nitrogens with two attached hydrogens (primary N) is 1. The van der Waals surface area contributed by atoms with Crippen LogP contribution < -0.4 is 20.7 Å². The van der Waals surface area contributed by atoms with Crippen molar-refractivity contribution in [2.75, 3.05) is 0 Å². The van der Waals surface area contributed by atoms with Crippen molar-refractivity contribution >= 4 is 41.0 Å². The van der Waals surface area contributed by atoms with Gasteiger partial charge in [0.25, 0.3) is 0 Å². The van der Waals surface area contributed by atoms with Gasteiger partial charge in [-0.25, -0.2) is 0 Å². The standard InChI is InChI=1S/C9H8O4.CH4N2O.Mg/c1-6(10)13-8-5-3-2-4-7(8)9(11)12;2-1(3)4;/h2-5H,1H3,(H,11,12);(H4,2,3,4);/q;;+2/p-2. The maximum Gasteiger partial charge on any atom is 2.00 e. The van der Waals surface area contributed by atoms with Crippen LogP contribution in [0.3, 0.4) is 0 Å². The van der Waals surface area contributed by atoms with Crippen LogP contribution in [-0.4, -0.2) is 41.0 Å². The molecule has 0 aliphatic heterocycles. The van der Waals surface area contributed by atoms with E-state index in [0.717, 1.165) is 0 Å². The zero-order valence-corrected chi connectivity index (χ0v) is 11.0. The maximum atomic E-state index is 10.6. The van der Waals surface area contributed by atoms with Gasteiger partial charge in [-0.1, -0.05) is 12.1 Å². The van der Waals surface area contributed by atoms with Crippen LogP contribution in [0.1, 0.15) is 17.3 Å². The summed E-state index contributed by atoms with van der Waals surface area (Å²) in [6.07, 6.45) is 0. The molecule has 1 aromatic carbocycles. The van der Waals surface area contributed by atoms with Gasteiger partial charge >= 0.3 is 29.0 Å². The normalized spacial score (nSPS) is 8.06. The number of rotatable bonds is 2. The summed E-state index contributed by atoms with van der Waals surface area (Å²) in [6.45, 7) is 1.20. The van der Waals surface area contributed by atoms with Gasteiger partial charge in [-0.15, -0.1) is 0 Å². The van der Waals surface area contributed by atoms with Crippen LogP contribution in [0.4, 0.5) is 0 Å². The fourth-order valence-corrected chi connectivity index (χ4v) is 0.879. The van der Waals surface area contributed by atoms with E-state index in [0.29, 0.717) is 0 Å². The van der Waals surface area contributed by atoms with E-state index in [4.69, 9.17) is 10.5 Å². The minimum atomic E-state index is -1.36. The Labute approximate surface area is 119 Å². The van der Waals surface area contributed by atoms with Crippen LogP contribution in [0, 0.1) is 5.41 Å². The molecule has 0 saturated heterocycles. The van der Waals surface area contributed by atoms with Crippen molar-refractivity contribution in [1.82, 2.24) is 0 Å². The van der Waals surface area contributed by atoms with Gasteiger partial charge in [-0.2, -0.15) is 0 Å². The van der Waals surface area contributed by atoms with E-state index >= 15 is 0 Å². The first kappa shape index (κ1) is 18.6. The number of hydrogen-bond donors (Lipinski definition) is 2. The number of carboxylic acid groups (broad SMARTS) is 1. The molecule has 0 unspecified atom stereocenters. The number of amidine groups is 1. The molecule has 1 aromatic rings. The quantitative estimate of drug-likeness (QED) is 0.204. The van der Waals surface area contributed by atoms with Crippen molar-refractivity contribution in [3.8, 4) is 5.75 Å². The first-order valence-electron chi connectivity index (χ1n) is 4.34. The Kier molecular flexibility index (Phi) is 9.54. The maximum absolute atomic E-state index is 10.6. The second-order valence-electron chi connectivity index (χ2n) is 2.74. The molecule has 0 aliphatic carbocycles. The Morgan fingerprint density at radius 3 is 2.11 bits per heavy atom. The van der Waals surface area contributed by atoms with E-state index in [-0.39, 0.29) is 34.4 Å². The van der Waals surface area contributed by atoms with Gasteiger partial charge in [-0.05, 0) is 12.1 Å². The van der Waals surface area contributed by atoms with Crippen molar-refractivity contribution in [3.05, 3.63) is 29.8 Å². The molecule has 0 radical (unpaired) electrons. The Balaban J connectivity index is 0. The number of para-hydroxylation sites is 1. The fourth-order valence-electron chi connectivity index (χ4n) is 0.879. The topological polar surface area (TPSA) is 139 Å². The molecular weight excluding hydrogens is 252 g/mol. The summed E-state index contributed by atoms with van der Waals surface area (Å²) in [5.41, 5.74) is 4.01. The number of ether oxygens (including phenoxy) is 1. The fraction of sp³-hybridized carbons (Fsp3) is 0.100. The Morgan fingerprint density at radius 2 is 1.72 bits per heavy atom. The van der Waals surface area contributed by atoms with Crippen molar-refractivity contribution in [1.29, 1.82) is 5.41 Å². The van der Waals surface area contributed by atoms with Crippen molar-refractivity contribution in [2.45, 2.75) is 6.92 Å². The van der Waals surface area contributed by atoms with Gasteiger partial charge in [0, 0.05) is 18.5 Å². The molecule has 7 nitrogen and oxygen atoms in total. The smallest absolute Gasteiger partial charge is 0.847 e. The number of carbonyl (C=O) groups is 2. The summed E-state index contributed by atoms with van der Waals surface area (Å²) in [7, 11) is 0. The molecule has 0 heterocycles. The molecule has 0 aromatic heterocycles. The number of hydrogen-bond acceptors (Lipinski definition) is 6. The average molecular weight is 263 g/mol. The SMILES string of the molecule is CC(=O)Oc1ccccc1C(=O)[O-].N=C(N)[O-].[Mg+2]. The summed E-state index contributed by atoms with van der Waals surface area (Å²) in [4.78, 5) is 21.1. The number of aromatic carboxylic acids is 1. The predicted octanol–water partition coefficient (Wildman–Crippen LogP) is -2.17. The van der Waals surface area contributed by atoms with Gasteiger partial charge in [0.2, 0.25) is 0 Å². The zero-order valence-electron chi connectivity index (χ0n) is 9.64. The van der Waals surface area contributed by atoms with E-state index in [9.17, 15) is 14.7 Å². The molecule has 3 N–H and O–H groups in total. The second kappa shape index (κ2) is 9.25. The van der Waals surface area contributed by atoms with Crippen LogP contribution in [-0.2, 0) is 4.79 Å². The minimum absolute atomic E-state index is 0. The number of carboxylic acids is 1. The summed E-state index contributed by atoms with van der Waals surface area (Å²) in [5, 5.41) is 25.1. The van der Waals surface area contributed by atoms with E-state index in [1.54, 1.807) is 6.07 Å². The largest absolute Gasteiger partial charge is 2.00 e. The van der Waals surface area contributed by atoms with Crippen LogP contribution in [0.2, 0.25) is 0 Å². The predicted molar refractivity (Wildman–Crippen MR) is 59.7 cm³/mol. The molecule has 8 heteroatoms. The monoisotopic (exact) mass is 262 g/mol. The Morgan fingerprint density at radius 1 is 1.28 bits per heavy atom. The zero-order chi connectivity index (χ0) is 13.4. The third-order valence-electron chi connectivity index (χ3n) is 1.36. The molecule has 18 heavy (non-hydrogen) atoms. The summed E-state index contributed by atoms with van der Waals surface area (Å²) >= 11 is 0. The third kappa shape index (κ3) is 8.36. The van der Waals surface area contributed by atoms with Gasteiger partial charge in [0.1, 0.15) is 5.75 Å². The van der Waals surface area contributed by atoms with E-state index in [2.05, 4.69) is 10.5 Å². The molecule has 0 spiro atoms. The van der Waals surface area contributed by atoms with Crippen molar-refractivity contribution < 1.29 is 24.5 Å². The van der Waals surface area contributed by atoms with E-state index in [1.807, 2.05) is 0 Å². The van der Waals surface area contributed by atoms with Crippen LogP contribution >= 0.6 is 0 Å². The van der Waals surface area contributed by atoms with Crippen LogP contribution in [0.5, 0.6) is 5.75 Å². The summed E-state index contributed by atoms with van der Waals surface area (Å²) < 4.78 is 4.65. The molecule has 0 aliphatic rings. The molecule has 0 fully saturated rings. The minimum Gasteiger partial charge on any atom is -0.847 e. The van der Waals surface area contributed by atoms with Crippen molar-refractivity contribution in [3.63, 3.8) is 0 Å². The molecule has 0 amide bonds. The molecule has 1 rings (SSSR count). The number of benzene rings is 1. The van der Waals surface area contributed by atoms with E-state index in [1.165, 1.54) is 25.1 Å². The molecule has 0 bridgehead atoms. The molecule has 0 atom stereocenters. The van der Waals surface area contributed by atoms with Gasteiger partial charge in [0.05, 0.1) is 5.97 Å². The number of carbonyl (C=O) groups excluding carboxylic acids is 2. The third-order valence-corrected chi connectivity index (χ3v) is 1.36. The summed E-state index contributed by atoms with van der Waals surface area (Å²) in [6, 6.07) is 4.73. The van der Waals surface area contributed by atoms with Crippen molar-refractivity contribution in [2.24, 2.45) is 5.73 Å². The van der Waals surface area contributed by atoms with Crippen LogP contribution in [0.15, 0.2) is 24.3 Å². The second-order valence-corrected chi connectivity index (χ2v) is 2.74. The van der Waals surface area contributed by atoms with E-state index < -0.39 is 18.0 Å².